The fraction of sp³-hybridized carbons (Fsp3) is 0.261. The van der Waals surface area contributed by atoms with Crippen LogP contribution in [0.15, 0.2) is 43.0 Å². The highest BCUT2D eigenvalue weighted by Crippen LogP contribution is 2.42. The van der Waals surface area contributed by atoms with Crippen LogP contribution in [0.5, 0.6) is 0 Å². The average Bonchev–Trinajstić information content (AvgIpc) is 3.46. The molecule has 0 aliphatic rings. The number of anilines is 1. The van der Waals surface area contributed by atoms with Gasteiger partial charge in [0.2, 0.25) is 0 Å². The van der Waals surface area contributed by atoms with E-state index in [1.807, 2.05) is 28.1 Å². The molecule has 0 saturated heterocycles. The molecule has 0 amide bonds. The molecule has 0 bridgehead atoms. The minimum atomic E-state index is 0.378. The molecule has 0 atom stereocenters. The Morgan fingerprint density at radius 1 is 1.19 bits per heavy atom. The molecule has 31 heavy (non-hydrogen) atoms. The Kier molecular flexibility index (Phi) is 4.95. The summed E-state index contributed by atoms with van der Waals surface area (Å²) in [5.74, 6) is 1.23. The predicted molar refractivity (Wildman–Crippen MR) is 128 cm³/mol. The molecule has 5 heterocycles. The van der Waals surface area contributed by atoms with Crippen LogP contribution in [-0.4, -0.2) is 37.7 Å². The van der Waals surface area contributed by atoms with Crippen LogP contribution in [-0.2, 0) is 0 Å². The number of pyridine rings is 2. The van der Waals surface area contributed by atoms with E-state index in [1.54, 1.807) is 6.33 Å². The second-order valence-corrected chi connectivity index (χ2v) is 9.06. The van der Waals surface area contributed by atoms with Crippen molar-refractivity contribution in [2.45, 2.75) is 26.7 Å². The first kappa shape index (κ1) is 19.7. The zero-order valence-electron chi connectivity index (χ0n) is 17.8. The van der Waals surface area contributed by atoms with Crippen LogP contribution in [0.25, 0.3) is 37.6 Å². The van der Waals surface area contributed by atoms with Crippen molar-refractivity contribution >= 4 is 33.0 Å². The van der Waals surface area contributed by atoms with Crippen molar-refractivity contribution in [2.24, 2.45) is 5.73 Å². The van der Waals surface area contributed by atoms with Crippen molar-refractivity contribution in [1.82, 2.24) is 24.6 Å². The zero-order chi connectivity index (χ0) is 21.5. The summed E-state index contributed by atoms with van der Waals surface area (Å²) in [6.45, 7) is 7.86. The van der Waals surface area contributed by atoms with Gasteiger partial charge in [0, 0.05) is 41.5 Å². The van der Waals surface area contributed by atoms with Gasteiger partial charge in [0.15, 0.2) is 5.65 Å². The van der Waals surface area contributed by atoms with Gasteiger partial charge in [-0.05, 0) is 48.2 Å². The van der Waals surface area contributed by atoms with E-state index >= 15 is 0 Å². The number of rotatable bonds is 6. The molecule has 0 spiro atoms. The molecule has 158 valence electrons. The number of hydrogen-bond donors (Lipinski definition) is 3. The lowest BCUT2D eigenvalue weighted by atomic mass is 9.99. The Bertz CT molecular complexity index is 1360. The number of fused-ring (bicyclic) bond motifs is 2. The topological polar surface area (TPSA) is 96.9 Å². The highest BCUT2D eigenvalue weighted by molar-refractivity contribution is 7.22. The standard InChI is InChI=1S/C23H25N7S/c1-13(2)20-21(16-8-14(3)23-27-12-28-30(23)11-16)29-17-9-18(31-22(17)20)15-4-5-19(26-10-15)25-7-6-24/h4-5,8-13,29H,6-7,24H2,1-3H3,(H,25,26). The molecule has 5 aromatic heterocycles. The van der Waals surface area contributed by atoms with E-state index in [-0.39, 0.29) is 0 Å². The zero-order valence-corrected chi connectivity index (χ0v) is 18.6. The quantitative estimate of drug-likeness (QED) is 0.359. The van der Waals surface area contributed by atoms with Crippen LogP contribution >= 0.6 is 11.3 Å². The molecule has 7 nitrogen and oxygen atoms in total. The number of aromatic nitrogens is 5. The third-order valence-electron chi connectivity index (χ3n) is 5.43. The first-order valence-electron chi connectivity index (χ1n) is 10.4. The van der Waals surface area contributed by atoms with Crippen molar-refractivity contribution in [3.05, 3.63) is 54.1 Å². The van der Waals surface area contributed by atoms with E-state index in [9.17, 15) is 0 Å². The number of nitrogens with zero attached hydrogens (tertiary/aromatic N) is 4. The number of nitrogens with one attached hydrogen (secondary N) is 2. The lowest BCUT2D eigenvalue weighted by Gasteiger charge is -2.10. The summed E-state index contributed by atoms with van der Waals surface area (Å²) in [4.78, 5) is 13.7. The second-order valence-electron chi connectivity index (χ2n) is 8.01. The lowest BCUT2D eigenvalue weighted by molar-refractivity contribution is 0.878. The van der Waals surface area contributed by atoms with Gasteiger partial charge >= 0.3 is 0 Å². The molecule has 0 saturated carbocycles. The third kappa shape index (κ3) is 3.47. The molecule has 0 radical (unpaired) electrons. The summed E-state index contributed by atoms with van der Waals surface area (Å²) in [6.07, 6.45) is 5.57. The van der Waals surface area contributed by atoms with Crippen molar-refractivity contribution < 1.29 is 0 Å². The number of H-pyrrole nitrogens is 1. The first-order valence-corrected chi connectivity index (χ1v) is 11.2. The summed E-state index contributed by atoms with van der Waals surface area (Å²) in [5.41, 5.74) is 13.4. The van der Waals surface area contributed by atoms with E-state index < -0.39 is 0 Å². The van der Waals surface area contributed by atoms with Crippen molar-refractivity contribution in [3.8, 4) is 21.7 Å². The van der Waals surface area contributed by atoms with Crippen LogP contribution in [0.1, 0.15) is 30.9 Å². The Morgan fingerprint density at radius 2 is 2.06 bits per heavy atom. The van der Waals surface area contributed by atoms with E-state index in [1.165, 1.54) is 15.1 Å². The monoisotopic (exact) mass is 431 g/mol. The molecule has 0 aromatic carbocycles. The van der Waals surface area contributed by atoms with Crippen LogP contribution in [0.3, 0.4) is 0 Å². The molecule has 0 aliphatic heterocycles. The number of thiophene rings is 1. The SMILES string of the molecule is Cc1cc(-c2[nH]c3cc(-c4ccc(NCCN)nc4)sc3c2C(C)C)cn2ncnc12. The summed E-state index contributed by atoms with van der Waals surface area (Å²) in [5, 5.41) is 7.55. The lowest BCUT2D eigenvalue weighted by Crippen LogP contribution is -2.13. The maximum absolute atomic E-state index is 5.55. The maximum Gasteiger partial charge on any atom is 0.158 e. The summed E-state index contributed by atoms with van der Waals surface area (Å²) >= 11 is 1.81. The van der Waals surface area contributed by atoms with Gasteiger partial charge in [-0.1, -0.05) is 13.8 Å². The minimum Gasteiger partial charge on any atom is -0.369 e. The smallest absolute Gasteiger partial charge is 0.158 e. The highest BCUT2D eigenvalue weighted by Gasteiger charge is 2.20. The van der Waals surface area contributed by atoms with Gasteiger partial charge in [-0.15, -0.1) is 11.3 Å². The van der Waals surface area contributed by atoms with E-state index in [0.29, 0.717) is 12.5 Å². The van der Waals surface area contributed by atoms with Gasteiger partial charge in [-0.2, -0.15) is 5.10 Å². The molecule has 4 N–H and O–H groups in total. The molecule has 0 unspecified atom stereocenters. The Labute approximate surface area is 184 Å². The average molecular weight is 432 g/mol. The highest BCUT2D eigenvalue weighted by atomic mass is 32.1. The number of hydrogen-bond acceptors (Lipinski definition) is 6. The fourth-order valence-corrected chi connectivity index (χ4v) is 5.30. The van der Waals surface area contributed by atoms with Crippen LogP contribution < -0.4 is 11.1 Å². The van der Waals surface area contributed by atoms with E-state index in [0.717, 1.165) is 45.9 Å². The largest absolute Gasteiger partial charge is 0.369 e. The molecule has 5 rings (SSSR count). The fourth-order valence-electron chi connectivity index (χ4n) is 4.00. The summed E-state index contributed by atoms with van der Waals surface area (Å²) in [7, 11) is 0. The van der Waals surface area contributed by atoms with Crippen LogP contribution in [0.4, 0.5) is 5.82 Å². The number of aromatic amines is 1. The van der Waals surface area contributed by atoms with E-state index in [2.05, 4.69) is 70.5 Å². The molecule has 0 fully saturated rings. The van der Waals surface area contributed by atoms with Crippen molar-refractivity contribution in [3.63, 3.8) is 0 Å². The van der Waals surface area contributed by atoms with Gasteiger partial charge in [-0.3, -0.25) is 0 Å². The van der Waals surface area contributed by atoms with Crippen LogP contribution in [0.2, 0.25) is 0 Å². The van der Waals surface area contributed by atoms with Gasteiger partial charge < -0.3 is 16.0 Å². The maximum atomic E-state index is 5.55. The Balaban J connectivity index is 1.57. The third-order valence-corrected chi connectivity index (χ3v) is 6.65. The van der Waals surface area contributed by atoms with Gasteiger partial charge in [-0.25, -0.2) is 14.5 Å². The molecule has 5 aromatic rings. The number of nitrogens with two attached hydrogens (primary N) is 1. The Hall–Kier alpha value is -3.23. The predicted octanol–water partition coefficient (Wildman–Crippen LogP) is 4.80. The summed E-state index contributed by atoms with van der Waals surface area (Å²) < 4.78 is 3.14. The molecular weight excluding hydrogens is 406 g/mol. The molecule has 0 aliphatic carbocycles. The van der Waals surface area contributed by atoms with Crippen molar-refractivity contribution in [1.29, 1.82) is 0 Å². The number of aryl methyl sites for hydroxylation is 1. The minimum absolute atomic E-state index is 0.378. The normalized spacial score (nSPS) is 11.8. The van der Waals surface area contributed by atoms with Gasteiger partial charge in [0.25, 0.3) is 0 Å². The van der Waals surface area contributed by atoms with Crippen molar-refractivity contribution in [2.75, 3.05) is 18.4 Å². The van der Waals surface area contributed by atoms with Gasteiger partial charge in [0.1, 0.15) is 12.1 Å². The molecule has 8 heteroatoms. The molecular formula is C23H25N7S. The van der Waals surface area contributed by atoms with Gasteiger partial charge in [0.05, 0.1) is 15.9 Å². The Morgan fingerprint density at radius 3 is 2.81 bits per heavy atom. The summed E-state index contributed by atoms with van der Waals surface area (Å²) in [6, 6.07) is 8.52. The second kappa shape index (κ2) is 7.79. The van der Waals surface area contributed by atoms with E-state index in [4.69, 9.17) is 5.73 Å². The first-order chi connectivity index (χ1) is 15.0. The van der Waals surface area contributed by atoms with Crippen LogP contribution in [0, 0.1) is 6.92 Å².